The summed E-state index contributed by atoms with van der Waals surface area (Å²) in [7, 11) is 0. The maximum Gasteiger partial charge on any atom is 0.283 e. The highest BCUT2D eigenvalue weighted by Crippen LogP contribution is 2.26. The van der Waals surface area contributed by atoms with Gasteiger partial charge in [-0.2, -0.15) is 0 Å². The van der Waals surface area contributed by atoms with Gasteiger partial charge in [-0.15, -0.1) is 0 Å². The van der Waals surface area contributed by atoms with Gasteiger partial charge in [0.25, 0.3) is 5.56 Å². The number of nitrogens with one attached hydrogen (secondary N) is 2. The van der Waals surface area contributed by atoms with E-state index in [1.54, 1.807) is 42.7 Å². The number of rotatable bonds is 6. The Morgan fingerprint density at radius 2 is 1.94 bits per heavy atom. The molecule has 0 saturated heterocycles. The van der Waals surface area contributed by atoms with Crippen LogP contribution in [0.4, 0.5) is 0 Å². The van der Waals surface area contributed by atoms with Gasteiger partial charge in [0.2, 0.25) is 5.91 Å². The van der Waals surface area contributed by atoms with Gasteiger partial charge in [-0.1, -0.05) is 41.6 Å². The lowest BCUT2D eigenvalue weighted by molar-refractivity contribution is -0.118. The van der Waals surface area contributed by atoms with Crippen LogP contribution in [0.2, 0.25) is 5.02 Å². The maximum absolute atomic E-state index is 13.5. The Labute approximate surface area is 191 Å². The molecule has 9 heteroatoms. The Bertz CT molecular complexity index is 1470. The van der Waals surface area contributed by atoms with Gasteiger partial charge in [0, 0.05) is 15.9 Å². The first-order valence-corrected chi connectivity index (χ1v) is 11.2. The third kappa shape index (κ3) is 3.90. The second-order valence-corrected chi connectivity index (χ2v) is 8.43. The van der Waals surface area contributed by atoms with Crippen molar-refractivity contribution in [3.05, 3.63) is 88.1 Å². The molecule has 7 nitrogen and oxygen atoms in total. The predicted molar refractivity (Wildman–Crippen MR) is 125 cm³/mol. The summed E-state index contributed by atoms with van der Waals surface area (Å²) in [6.45, 7) is 0.297. The van der Waals surface area contributed by atoms with Crippen LogP contribution in [0, 0.1) is 0 Å². The molecule has 5 rings (SSSR count). The van der Waals surface area contributed by atoms with E-state index >= 15 is 0 Å². The van der Waals surface area contributed by atoms with Crippen LogP contribution in [-0.2, 0) is 11.3 Å². The molecule has 5 aromatic rings. The fraction of sp³-hybridized carbons (Fsp3) is 0.0870. The minimum atomic E-state index is -0.244. The lowest BCUT2D eigenvalue weighted by atomic mass is 10.2. The van der Waals surface area contributed by atoms with E-state index in [2.05, 4.69) is 10.3 Å². The van der Waals surface area contributed by atoms with E-state index in [1.807, 2.05) is 24.3 Å². The molecule has 0 radical (unpaired) electrons. The third-order valence-corrected chi connectivity index (χ3v) is 6.14. The number of hydrogen-bond donors (Lipinski definition) is 2. The van der Waals surface area contributed by atoms with Crippen LogP contribution < -0.4 is 10.9 Å². The van der Waals surface area contributed by atoms with Crippen molar-refractivity contribution in [2.45, 2.75) is 11.7 Å². The van der Waals surface area contributed by atoms with Crippen molar-refractivity contribution >= 4 is 51.2 Å². The molecule has 0 aliphatic carbocycles. The van der Waals surface area contributed by atoms with Crippen LogP contribution in [0.5, 0.6) is 0 Å². The van der Waals surface area contributed by atoms with Crippen LogP contribution in [0.1, 0.15) is 5.76 Å². The number of aromatic amines is 1. The van der Waals surface area contributed by atoms with Crippen LogP contribution >= 0.6 is 23.4 Å². The summed E-state index contributed by atoms with van der Waals surface area (Å²) in [4.78, 5) is 33.8. The largest absolute Gasteiger partial charge is 0.467 e. The number of nitrogens with zero attached hydrogens (tertiary/aromatic N) is 2. The maximum atomic E-state index is 13.5. The number of thioether (sulfide) groups is 1. The number of fused-ring (bicyclic) bond motifs is 3. The number of furan rings is 1. The first-order chi connectivity index (χ1) is 15.6. The van der Waals surface area contributed by atoms with Crippen molar-refractivity contribution in [3.63, 3.8) is 0 Å². The summed E-state index contributed by atoms with van der Waals surface area (Å²) in [5, 5.41) is 4.64. The molecule has 3 aromatic heterocycles. The summed E-state index contributed by atoms with van der Waals surface area (Å²) in [6.07, 6.45) is 1.56. The number of amides is 1. The predicted octanol–water partition coefficient (Wildman–Crippen LogP) is 4.52. The number of hydrogen-bond acceptors (Lipinski definition) is 5. The fourth-order valence-electron chi connectivity index (χ4n) is 3.44. The van der Waals surface area contributed by atoms with Crippen molar-refractivity contribution in [3.8, 4) is 5.69 Å². The molecular formula is C23H17ClN4O3S. The molecule has 0 saturated carbocycles. The molecule has 3 heterocycles. The number of benzene rings is 2. The summed E-state index contributed by atoms with van der Waals surface area (Å²) in [5.74, 6) is 0.566. The van der Waals surface area contributed by atoms with Crippen molar-refractivity contribution in [1.29, 1.82) is 0 Å². The van der Waals surface area contributed by atoms with Gasteiger partial charge in [-0.05, 0) is 42.5 Å². The number of carbonyl (C=O) groups excluding carboxylic acids is 1. The van der Waals surface area contributed by atoms with Gasteiger partial charge in [0.1, 0.15) is 16.8 Å². The highest BCUT2D eigenvalue weighted by Gasteiger charge is 2.18. The highest BCUT2D eigenvalue weighted by atomic mass is 35.5. The number of aromatic nitrogens is 3. The van der Waals surface area contributed by atoms with Crippen molar-refractivity contribution in [2.75, 3.05) is 5.75 Å². The fourth-order valence-corrected chi connectivity index (χ4v) is 4.40. The molecule has 0 unspecified atom stereocenters. The number of carbonyl (C=O) groups is 1. The SMILES string of the molecule is O=C(CSc1nc2c([nH]c3ccccc32)c(=O)n1-c1ccc(Cl)cc1)NCc1ccco1. The van der Waals surface area contributed by atoms with Gasteiger partial charge >= 0.3 is 0 Å². The number of halogens is 1. The van der Waals surface area contributed by atoms with E-state index in [0.29, 0.717) is 39.2 Å². The van der Waals surface area contributed by atoms with Crippen LogP contribution in [0.25, 0.3) is 27.6 Å². The molecule has 0 fully saturated rings. The molecule has 0 bridgehead atoms. The minimum Gasteiger partial charge on any atom is -0.467 e. The molecule has 0 aliphatic rings. The second-order valence-electron chi connectivity index (χ2n) is 7.05. The molecule has 2 aromatic carbocycles. The zero-order valence-corrected chi connectivity index (χ0v) is 18.2. The standard InChI is InChI=1S/C23H17ClN4O3S/c24-14-7-9-15(10-8-14)28-22(30)21-20(17-5-1-2-6-18(17)26-21)27-23(28)32-13-19(29)25-12-16-4-3-11-31-16/h1-11,26H,12-13H2,(H,25,29). The summed E-state index contributed by atoms with van der Waals surface area (Å²) < 4.78 is 6.73. The Balaban J connectivity index is 1.53. The normalized spacial score (nSPS) is 11.3. The van der Waals surface area contributed by atoms with E-state index in [0.717, 1.165) is 10.9 Å². The Morgan fingerprint density at radius 1 is 1.12 bits per heavy atom. The lowest BCUT2D eigenvalue weighted by Gasteiger charge is -2.12. The van der Waals surface area contributed by atoms with E-state index in [9.17, 15) is 9.59 Å². The van der Waals surface area contributed by atoms with Crippen LogP contribution in [0.15, 0.2) is 81.3 Å². The summed E-state index contributed by atoms with van der Waals surface area (Å²) >= 11 is 7.23. The third-order valence-electron chi connectivity index (χ3n) is 4.95. The Hall–Kier alpha value is -3.49. The average Bonchev–Trinajstić information content (AvgIpc) is 3.45. The van der Waals surface area contributed by atoms with Crippen LogP contribution in [-0.4, -0.2) is 26.2 Å². The van der Waals surface area contributed by atoms with Gasteiger partial charge in [0.05, 0.1) is 24.2 Å². The molecule has 0 atom stereocenters. The first-order valence-electron chi connectivity index (χ1n) is 9.81. The van der Waals surface area contributed by atoms with Crippen molar-refractivity contribution < 1.29 is 9.21 Å². The number of H-pyrrole nitrogens is 1. The van der Waals surface area contributed by atoms with Crippen LogP contribution in [0.3, 0.4) is 0 Å². The molecular weight excluding hydrogens is 448 g/mol. The molecule has 2 N–H and O–H groups in total. The van der Waals surface area contributed by atoms with Crippen molar-refractivity contribution in [2.24, 2.45) is 0 Å². The molecule has 1 amide bonds. The quantitative estimate of drug-likeness (QED) is 0.284. The average molecular weight is 465 g/mol. The van der Waals surface area contributed by atoms with Gasteiger partial charge < -0.3 is 14.7 Å². The van der Waals surface area contributed by atoms with Crippen molar-refractivity contribution in [1.82, 2.24) is 19.9 Å². The zero-order chi connectivity index (χ0) is 22.1. The molecule has 0 spiro atoms. The summed E-state index contributed by atoms with van der Waals surface area (Å²) in [5.41, 5.74) is 2.19. The van der Waals surface area contributed by atoms with E-state index in [1.165, 1.54) is 16.3 Å². The van der Waals surface area contributed by atoms with E-state index in [4.69, 9.17) is 21.0 Å². The second kappa shape index (κ2) is 8.57. The van der Waals surface area contributed by atoms with E-state index in [-0.39, 0.29) is 17.2 Å². The number of para-hydroxylation sites is 1. The Kier molecular flexibility index (Phi) is 5.46. The highest BCUT2D eigenvalue weighted by molar-refractivity contribution is 7.99. The lowest BCUT2D eigenvalue weighted by Crippen LogP contribution is -2.26. The topological polar surface area (TPSA) is 92.9 Å². The van der Waals surface area contributed by atoms with Gasteiger partial charge in [0.15, 0.2) is 5.16 Å². The smallest absolute Gasteiger partial charge is 0.283 e. The summed E-state index contributed by atoms with van der Waals surface area (Å²) in [6, 6.07) is 18.1. The molecule has 32 heavy (non-hydrogen) atoms. The minimum absolute atomic E-state index is 0.0919. The van der Waals surface area contributed by atoms with Gasteiger partial charge in [-0.25, -0.2) is 4.98 Å². The van der Waals surface area contributed by atoms with E-state index < -0.39 is 0 Å². The first kappa shape index (κ1) is 20.4. The monoisotopic (exact) mass is 464 g/mol. The van der Waals surface area contributed by atoms with Gasteiger partial charge in [-0.3, -0.25) is 14.2 Å². The Morgan fingerprint density at radius 3 is 2.72 bits per heavy atom. The molecule has 160 valence electrons. The molecule has 0 aliphatic heterocycles. The zero-order valence-electron chi connectivity index (χ0n) is 16.7.